The highest BCUT2D eigenvalue weighted by molar-refractivity contribution is 7.88. The largest absolute Gasteiger partial charge is 0.301 e. The molecule has 0 saturated heterocycles. The first kappa shape index (κ1) is 21.7. The van der Waals surface area contributed by atoms with Crippen LogP contribution in [0.15, 0.2) is 30.6 Å². The minimum atomic E-state index is -3.89. The number of rotatable bonds is 8. The van der Waals surface area contributed by atoms with Crippen molar-refractivity contribution in [1.82, 2.24) is 28.8 Å². The van der Waals surface area contributed by atoms with E-state index in [9.17, 15) is 13.2 Å². The van der Waals surface area contributed by atoms with E-state index in [4.69, 9.17) is 0 Å². The van der Waals surface area contributed by atoms with E-state index in [1.54, 1.807) is 17.0 Å². The first-order valence-corrected chi connectivity index (χ1v) is 11.2. The standard InChI is InChI=1S/C20H26N6O3S/c1-5-6-12-22-30(28,29)24-18(27)10-9-17-15(3)23-25(4)20(17)26-13-14(2)16-8-7-11-21-19(16)26/h7-11,13,22H,5-6,12H2,1-4H3,(H,24,27). The van der Waals surface area contributed by atoms with Gasteiger partial charge in [0.15, 0.2) is 0 Å². The van der Waals surface area contributed by atoms with Crippen molar-refractivity contribution in [3.8, 4) is 5.82 Å². The highest BCUT2D eigenvalue weighted by Gasteiger charge is 2.18. The van der Waals surface area contributed by atoms with Crippen LogP contribution in [0.2, 0.25) is 0 Å². The summed E-state index contributed by atoms with van der Waals surface area (Å²) < 4.78 is 31.8. The summed E-state index contributed by atoms with van der Waals surface area (Å²) in [7, 11) is -2.08. The van der Waals surface area contributed by atoms with E-state index in [-0.39, 0.29) is 6.54 Å². The number of hydrogen-bond acceptors (Lipinski definition) is 5. The van der Waals surface area contributed by atoms with Gasteiger partial charge in [0.05, 0.1) is 5.69 Å². The molecule has 3 aromatic heterocycles. The van der Waals surface area contributed by atoms with Crippen LogP contribution >= 0.6 is 0 Å². The number of aryl methyl sites for hydroxylation is 3. The van der Waals surface area contributed by atoms with Crippen LogP contribution in [0.3, 0.4) is 0 Å². The summed E-state index contributed by atoms with van der Waals surface area (Å²) in [6.07, 6.45) is 8.00. The summed E-state index contributed by atoms with van der Waals surface area (Å²) in [5.41, 5.74) is 3.25. The molecule has 10 heteroatoms. The maximum Gasteiger partial charge on any atom is 0.301 e. The fraction of sp³-hybridized carbons (Fsp3) is 0.350. The first-order chi connectivity index (χ1) is 14.2. The molecule has 30 heavy (non-hydrogen) atoms. The molecule has 0 fully saturated rings. The van der Waals surface area contributed by atoms with Crippen LogP contribution in [-0.4, -0.2) is 40.2 Å². The molecule has 0 aromatic carbocycles. The molecule has 3 heterocycles. The number of pyridine rings is 1. The fourth-order valence-corrected chi connectivity index (χ4v) is 4.09. The molecule has 0 aliphatic heterocycles. The number of hydrogen-bond donors (Lipinski definition) is 2. The molecule has 1 amide bonds. The topological polar surface area (TPSA) is 111 Å². The van der Waals surface area contributed by atoms with E-state index < -0.39 is 16.1 Å². The predicted octanol–water partition coefficient (Wildman–Crippen LogP) is 2.14. The second kappa shape index (κ2) is 8.80. The van der Waals surface area contributed by atoms with Crippen molar-refractivity contribution >= 4 is 33.2 Å². The van der Waals surface area contributed by atoms with E-state index in [2.05, 4.69) is 14.8 Å². The van der Waals surface area contributed by atoms with E-state index in [0.29, 0.717) is 17.7 Å². The molecule has 0 saturated carbocycles. The Morgan fingerprint density at radius 2 is 2.07 bits per heavy atom. The Morgan fingerprint density at radius 1 is 1.30 bits per heavy atom. The maximum atomic E-state index is 12.2. The first-order valence-electron chi connectivity index (χ1n) is 9.69. The Kier molecular flexibility index (Phi) is 6.37. The van der Waals surface area contributed by atoms with Gasteiger partial charge in [0, 0.05) is 43.0 Å². The van der Waals surface area contributed by atoms with Gasteiger partial charge in [0.1, 0.15) is 11.5 Å². The van der Waals surface area contributed by atoms with E-state index in [0.717, 1.165) is 28.8 Å². The average molecular weight is 431 g/mol. The number of aromatic nitrogens is 4. The Labute approximate surface area is 176 Å². The third-order valence-electron chi connectivity index (χ3n) is 4.69. The number of fused-ring (bicyclic) bond motifs is 1. The van der Waals surface area contributed by atoms with Crippen molar-refractivity contribution in [3.05, 3.63) is 47.4 Å². The Balaban J connectivity index is 1.90. The third-order valence-corrected chi connectivity index (χ3v) is 5.74. The minimum Gasteiger partial charge on any atom is -0.285 e. The second-order valence-electron chi connectivity index (χ2n) is 7.05. The van der Waals surface area contributed by atoms with E-state index in [1.165, 1.54) is 6.08 Å². The molecular formula is C20H26N6O3S. The average Bonchev–Trinajstić information content (AvgIpc) is 3.15. The molecule has 3 aromatic rings. The molecule has 0 radical (unpaired) electrons. The normalized spacial score (nSPS) is 12.1. The maximum absolute atomic E-state index is 12.2. The van der Waals surface area contributed by atoms with Gasteiger partial charge in [-0.15, -0.1) is 0 Å². The number of amides is 1. The van der Waals surface area contributed by atoms with Gasteiger partial charge in [-0.2, -0.15) is 18.2 Å². The lowest BCUT2D eigenvalue weighted by molar-refractivity contribution is -0.114. The highest BCUT2D eigenvalue weighted by atomic mass is 32.2. The van der Waals surface area contributed by atoms with Gasteiger partial charge in [0.25, 0.3) is 5.91 Å². The van der Waals surface area contributed by atoms with E-state index >= 15 is 0 Å². The number of nitrogens with one attached hydrogen (secondary N) is 2. The number of carbonyl (C=O) groups excluding carboxylic acids is 1. The van der Waals surface area contributed by atoms with Crippen LogP contribution in [0.5, 0.6) is 0 Å². The van der Waals surface area contributed by atoms with E-state index in [1.807, 2.05) is 55.4 Å². The third kappa shape index (κ3) is 4.60. The molecule has 2 N–H and O–H groups in total. The van der Waals surface area contributed by atoms with Gasteiger partial charge in [-0.25, -0.2) is 9.71 Å². The zero-order chi connectivity index (χ0) is 21.9. The van der Waals surface area contributed by atoms with Gasteiger partial charge in [-0.3, -0.25) is 14.0 Å². The van der Waals surface area contributed by atoms with Gasteiger partial charge < -0.3 is 0 Å². The molecule has 0 aliphatic rings. The van der Waals surface area contributed by atoms with Gasteiger partial charge in [-0.1, -0.05) is 13.3 Å². The molecule has 0 bridgehead atoms. The van der Waals surface area contributed by atoms with Crippen LogP contribution in [0.25, 0.3) is 22.9 Å². The molecule has 3 rings (SSSR count). The van der Waals surface area contributed by atoms with Crippen molar-refractivity contribution in [2.75, 3.05) is 6.54 Å². The molecule has 160 valence electrons. The Bertz CT molecular complexity index is 1210. The van der Waals surface area contributed by atoms with Gasteiger partial charge in [-0.05, 0) is 44.0 Å². The monoisotopic (exact) mass is 430 g/mol. The van der Waals surface area contributed by atoms with Gasteiger partial charge >= 0.3 is 10.2 Å². The van der Waals surface area contributed by atoms with Crippen LogP contribution in [-0.2, 0) is 22.1 Å². The van der Waals surface area contributed by atoms with Crippen molar-refractivity contribution in [3.63, 3.8) is 0 Å². The Morgan fingerprint density at radius 3 is 2.80 bits per heavy atom. The second-order valence-corrected chi connectivity index (χ2v) is 8.55. The summed E-state index contributed by atoms with van der Waals surface area (Å²) in [5.74, 6) is -0.00264. The van der Waals surface area contributed by atoms with Crippen LogP contribution in [0, 0.1) is 13.8 Å². The molecule has 0 spiro atoms. The van der Waals surface area contributed by atoms with Crippen molar-refractivity contribution in [1.29, 1.82) is 0 Å². The number of unbranched alkanes of at least 4 members (excludes halogenated alkanes) is 1. The summed E-state index contributed by atoms with van der Waals surface area (Å²) in [4.78, 5) is 16.7. The lowest BCUT2D eigenvalue weighted by Gasteiger charge is -2.07. The Hall–Kier alpha value is -2.98. The summed E-state index contributed by atoms with van der Waals surface area (Å²) in [6, 6.07) is 3.88. The minimum absolute atomic E-state index is 0.280. The van der Waals surface area contributed by atoms with Crippen LogP contribution in [0.4, 0.5) is 0 Å². The summed E-state index contributed by atoms with van der Waals surface area (Å²) >= 11 is 0. The smallest absolute Gasteiger partial charge is 0.285 e. The molecular weight excluding hydrogens is 404 g/mol. The molecule has 0 atom stereocenters. The van der Waals surface area contributed by atoms with Gasteiger partial charge in [0.2, 0.25) is 0 Å². The summed E-state index contributed by atoms with van der Waals surface area (Å²) in [6.45, 7) is 6.06. The van der Waals surface area contributed by atoms with Crippen molar-refractivity contribution in [2.24, 2.45) is 7.05 Å². The molecule has 0 unspecified atom stereocenters. The SMILES string of the molecule is CCCCNS(=O)(=O)NC(=O)C=Cc1c(C)nn(C)c1-n1cc(C)c2cccnc21. The molecule has 0 aliphatic carbocycles. The number of nitrogens with zero attached hydrogens (tertiary/aromatic N) is 4. The lowest BCUT2D eigenvalue weighted by atomic mass is 10.2. The van der Waals surface area contributed by atoms with Crippen LogP contribution in [0.1, 0.15) is 36.6 Å². The zero-order valence-electron chi connectivity index (χ0n) is 17.5. The summed E-state index contributed by atoms with van der Waals surface area (Å²) in [5, 5.41) is 5.48. The lowest BCUT2D eigenvalue weighted by Crippen LogP contribution is -2.39. The van der Waals surface area contributed by atoms with Crippen molar-refractivity contribution in [2.45, 2.75) is 33.6 Å². The number of carbonyl (C=O) groups is 1. The van der Waals surface area contributed by atoms with Crippen molar-refractivity contribution < 1.29 is 13.2 Å². The molecule has 9 nitrogen and oxygen atoms in total. The zero-order valence-corrected chi connectivity index (χ0v) is 18.3. The fourth-order valence-electron chi connectivity index (χ4n) is 3.27. The quantitative estimate of drug-likeness (QED) is 0.420. The van der Waals surface area contributed by atoms with Crippen LogP contribution < -0.4 is 9.44 Å². The predicted molar refractivity (Wildman–Crippen MR) is 116 cm³/mol. The highest BCUT2D eigenvalue weighted by Crippen LogP contribution is 2.26.